The maximum atomic E-state index is 9.08. The lowest BCUT2D eigenvalue weighted by Crippen LogP contribution is -2.09. The number of aliphatic hydroxyl groups excluding tert-OH is 1. The van der Waals surface area contributed by atoms with Gasteiger partial charge in [0, 0.05) is 5.92 Å². The SMILES string of the molecule is CCC(CO)c1nc(Cl)nc(N)c1Cl. The molecular weight excluding hydrogens is 225 g/mol. The summed E-state index contributed by atoms with van der Waals surface area (Å²) in [5, 5.41) is 9.41. The lowest BCUT2D eigenvalue weighted by atomic mass is 10.0. The van der Waals surface area contributed by atoms with Crippen LogP contribution in [0.5, 0.6) is 0 Å². The molecule has 0 bridgehead atoms. The van der Waals surface area contributed by atoms with E-state index in [2.05, 4.69) is 9.97 Å². The van der Waals surface area contributed by atoms with E-state index in [0.717, 1.165) is 0 Å². The van der Waals surface area contributed by atoms with Gasteiger partial charge in [0.1, 0.15) is 10.8 Å². The molecule has 0 aliphatic carbocycles. The molecule has 1 rings (SSSR count). The van der Waals surface area contributed by atoms with Crippen LogP contribution in [0.15, 0.2) is 0 Å². The standard InChI is InChI=1S/C8H11Cl2N3O/c1-2-4(3-14)6-5(9)7(11)13-8(10)12-6/h4,14H,2-3H2,1H3,(H2,11,12,13). The van der Waals surface area contributed by atoms with Crippen molar-refractivity contribution in [2.45, 2.75) is 19.3 Å². The number of nitrogens with zero attached hydrogens (tertiary/aromatic N) is 2. The monoisotopic (exact) mass is 235 g/mol. The summed E-state index contributed by atoms with van der Waals surface area (Å²) in [5.41, 5.74) is 6.03. The largest absolute Gasteiger partial charge is 0.396 e. The summed E-state index contributed by atoms with van der Waals surface area (Å²) in [6.07, 6.45) is 0.711. The highest BCUT2D eigenvalue weighted by atomic mass is 35.5. The Hall–Kier alpha value is -0.580. The van der Waals surface area contributed by atoms with Gasteiger partial charge in [-0.25, -0.2) is 4.98 Å². The number of anilines is 1. The molecule has 1 unspecified atom stereocenters. The Kier molecular flexibility index (Phi) is 3.92. The zero-order chi connectivity index (χ0) is 10.7. The van der Waals surface area contributed by atoms with E-state index in [1.54, 1.807) is 0 Å². The Labute approximate surface area is 92.1 Å². The Morgan fingerprint density at radius 3 is 2.57 bits per heavy atom. The fourth-order valence-corrected chi connectivity index (χ4v) is 1.55. The van der Waals surface area contributed by atoms with Crippen molar-refractivity contribution in [2.24, 2.45) is 0 Å². The zero-order valence-electron chi connectivity index (χ0n) is 7.67. The molecule has 1 atom stereocenters. The van der Waals surface area contributed by atoms with E-state index in [4.69, 9.17) is 34.0 Å². The molecule has 0 aromatic carbocycles. The number of nitrogen functional groups attached to an aromatic ring is 1. The van der Waals surface area contributed by atoms with Crippen LogP contribution < -0.4 is 5.73 Å². The van der Waals surface area contributed by atoms with Gasteiger partial charge in [-0.15, -0.1) is 0 Å². The second kappa shape index (κ2) is 4.77. The quantitative estimate of drug-likeness (QED) is 0.785. The highest BCUT2D eigenvalue weighted by Crippen LogP contribution is 2.29. The Bertz CT molecular complexity index is 329. The molecule has 78 valence electrons. The Morgan fingerprint density at radius 1 is 1.43 bits per heavy atom. The molecule has 0 fully saturated rings. The topological polar surface area (TPSA) is 72.0 Å². The van der Waals surface area contributed by atoms with Gasteiger partial charge >= 0.3 is 0 Å². The minimum Gasteiger partial charge on any atom is -0.396 e. The number of hydrogen-bond donors (Lipinski definition) is 2. The van der Waals surface area contributed by atoms with Gasteiger partial charge < -0.3 is 10.8 Å². The number of aromatic nitrogens is 2. The van der Waals surface area contributed by atoms with Crippen LogP contribution >= 0.6 is 23.2 Å². The van der Waals surface area contributed by atoms with Crippen molar-refractivity contribution in [3.05, 3.63) is 16.0 Å². The molecule has 0 saturated heterocycles. The predicted molar refractivity (Wildman–Crippen MR) is 56.6 cm³/mol. The molecular formula is C8H11Cl2N3O. The molecule has 4 nitrogen and oxygen atoms in total. The number of aliphatic hydroxyl groups is 1. The molecule has 1 aromatic rings. The number of halogens is 2. The van der Waals surface area contributed by atoms with Crippen LogP contribution in [0.4, 0.5) is 5.82 Å². The number of rotatable bonds is 3. The van der Waals surface area contributed by atoms with Crippen molar-refractivity contribution in [3.63, 3.8) is 0 Å². The fraction of sp³-hybridized carbons (Fsp3) is 0.500. The Morgan fingerprint density at radius 2 is 2.07 bits per heavy atom. The van der Waals surface area contributed by atoms with Gasteiger partial charge in [-0.3, -0.25) is 0 Å². The van der Waals surface area contributed by atoms with Gasteiger partial charge in [0.2, 0.25) is 5.28 Å². The minimum absolute atomic E-state index is 0.0387. The van der Waals surface area contributed by atoms with E-state index in [9.17, 15) is 0 Å². The first-order valence-electron chi connectivity index (χ1n) is 4.19. The van der Waals surface area contributed by atoms with Gasteiger partial charge in [-0.1, -0.05) is 18.5 Å². The number of nitrogens with two attached hydrogens (primary N) is 1. The summed E-state index contributed by atoms with van der Waals surface area (Å²) >= 11 is 11.5. The summed E-state index contributed by atoms with van der Waals surface area (Å²) in [5.74, 6) is -0.00105. The second-order valence-electron chi connectivity index (χ2n) is 2.86. The normalized spacial score (nSPS) is 12.9. The van der Waals surface area contributed by atoms with Gasteiger partial charge in [0.05, 0.1) is 12.3 Å². The molecule has 1 heterocycles. The maximum Gasteiger partial charge on any atom is 0.224 e. The fourth-order valence-electron chi connectivity index (χ4n) is 1.13. The molecule has 0 amide bonds. The molecule has 14 heavy (non-hydrogen) atoms. The van der Waals surface area contributed by atoms with Gasteiger partial charge in [0.15, 0.2) is 0 Å². The van der Waals surface area contributed by atoms with E-state index in [0.29, 0.717) is 12.1 Å². The molecule has 3 N–H and O–H groups in total. The predicted octanol–water partition coefficient (Wildman–Crippen LogP) is 1.85. The molecule has 6 heteroatoms. The first-order valence-corrected chi connectivity index (χ1v) is 4.95. The summed E-state index contributed by atoms with van der Waals surface area (Å²) in [6.45, 7) is 1.88. The van der Waals surface area contributed by atoms with Crippen LogP contribution in [0.2, 0.25) is 10.3 Å². The average molecular weight is 236 g/mol. The van der Waals surface area contributed by atoms with Gasteiger partial charge in [0.25, 0.3) is 0 Å². The van der Waals surface area contributed by atoms with E-state index in [1.165, 1.54) is 0 Å². The van der Waals surface area contributed by atoms with E-state index in [1.807, 2.05) is 6.92 Å². The highest BCUT2D eigenvalue weighted by Gasteiger charge is 2.17. The number of hydrogen-bond acceptors (Lipinski definition) is 4. The molecule has 1 aromatic heterocycles. The third-order valence-electron chi connectivity index (χ3n) is 1.98. The summed E-state index contributed by atoms with van der Waals surface area (Å²) < 4.78 is 0. The van der Waals surface area contributed by atoms with Crippen LogP contribution in [0.1, 0.15) is 25.0 Å². The van der Waals surface area contributed by atoms with E-state index in [-0.39, 0.29) is 28.6 Å². The molecule has 0 saturated carbocycles. The first kappa shape index (κ1) is 11.5. The highest BCUT2D eigenvalue weighted by molar-refractivity contribution is 6.34. The van der Waals surface area contributed by atoms with Crippen molar-refractivity contribution in [1.29, 1.82) is 0 Å². The second-order valence-corrected chi connectivity index (χ2v) is 3.58. The third-order valence-corrected chi connectivity index (χ3v) is 2.53. The maximum absolute atomic E-state index is 9.08. The summed E-state index contributed by atoms with van der Waals surface area (Å²) in [4.78, 5) is 7.66. The lowest BCUT2D eigenvalue weighted by molar-refractivity contribution is 0.260. The third kappa shape index (κ3) is 2.26. The zero-order valence-corrected chi connectivity index (χ0v) is 9.18. The van der Waals surface area contributed by atoms with Crippen molar-refractivity contribution in [3.8, 4) is 0 Å². The van der Waals surface area contributed by atoms with E-state index >= 15 is 0 Å². The first-order chi connectivity index (χ1) is 6.60. The van der Waals surface area contributed by atoms with Crippen LogP contribution in [0.3, 0.4) is 0 Å². The molecule has 0 aliphatic heterocycles. The smallest absolute Gasteiger partial charge is 0.224 e. The minimum atomic E-state index is -0.148. The average Bonchev–Trinajstić information content (AvgIpc) is 2.15. The molecule has 0 aliphatic rings. The van der Waals surface area contributed by atoms with Crippen molar-refractivity contribution in [2.75, 3.05) is 12.3 Å². The summed E-state index contributed by atoms with van der Waals surface area (Å²) in [6, 6.07) is 0. The van der Waals surface area contributed by atoms with Crippen molar-refractivity contribution < 1.29 is 5.11 Å². The lowest BCUT2D eigenvalue weighted by Gasteiger charge is -2.13. The van der Waals surface area contributed by atoms with Gasteiger partial charge in [-0.05, 0) is 18.0 Å². The summed E-state index contributed by atoms with van der Waals surface area (Å²) in [7, 11) is 0. The van der Waals surface area contributed by atoms with Crippen LogP contribution in [0.25, 0.3) is 0 Å². The Balaban J connectivity index is 3.18. The van der Waals surface area contributed by atoms with Gasteiger partial charge in [-0.2, -0.15) is 4.98 Å². The van der Waals surface area contributed by atoms with Crippen LogP contribution in [-0.4, -0.2) is 21.7 Å². The molecule has 0 spiro atoms. The molecule has 0 radical (unpaired) electrons. The van der Waals surface area contributed by atoms with Crippen molar-refractivity contribution >= 4 is 29.0 Å². The van der Waals surface area contributed by atoms with Crippen LogP contribution in [0, 0.1) is 0 Å². The van der Waals surface area contributed by atoms with Crippen LogP contribution in [-0.2, 0) is 0 Å². The van der Waals surface area contributed by atoms with Crippen molar-refractivity contribution in [1.82, 2.24) is 9.97 Å². The van der Waals surface area contributed by atoms with E-state index < -0.39 is 0 Å².